The van der Waals surface area contributed by atoms with Crippen molar-refractivity contribution in [1.82, 2.24) is 15.1 Å². The van der Waals surface area contributed by atoms with Crippen molar-refractivity contribution in [3.8, 4) is 0 Å². The highest BCUT2D eigenvalue weighted by Crippen LogP contribution is 2.17. The Hall–Kier alpha value is -3.42. The number of rotatable bonds is 7. The second-order valence-electron chi connectivity index (χ2n) is 6.44. The van der Waals surface area contributed by atoms with Crippen molar-refractivity contribution in [3.63, 3.8) is 0 Å². The van der Waals surface area contributed by atoms with Gasteiger partial charge in [0, 0.05) is 17.3 Å². The summed E-state index contributed by atoms with van der Waals surface area (Å²) >= 11 is 0. The van der Waals surface area contributed by atoms with Gasteiger partial charge in [0.15, 0.2) is 6.61 Å². The Bertz CT molecular complexity index is 913. The van der Waals surface area contributed by atoms with E-state index in [4.69, 9.17) is 4.74 Å². The van der Waals surface area contributed by atoms with E-state index in [0.717, 1.165) is 22.5 Å². The van der Waals surface area contributed by atoms with Crippen molar-refractivity contribution in [2.45, 2.75) is 34.2 Å². The first-order valence-corrected chi connectivity index (χ1v) is 9.21. The maximum Gasteiger partial charge on any atom is 0.413 e. The SMILES string of the molecule is CCOC(=O)NC(=O)COC(=O)/C=C/c1c(C)nn(Cc2ccc(C)cc2)c1C. The average molecular weight is 399 g/mol. The fraction of sp³-hybridized carbons (Fsp3) is 0.333. The molecule has 0 atom stereocenters. The summed E-state index contributed by atoms with van der Waals surface area (Å²) in [7, 11) is 0. The zero-order valence-corrected chi connectivity index (χ0v) is 17.0. The molecule has 8 nitrogen and oxygen atoms in total. The number of ether oxygens (including phenoxy) is 2. The Morgan fingerprint density at radius 2 is 1.79 bits per heavy atom. The summed E-state index contributed by atoms with van der Waals surface area (Å²) in [4.78, 5) is 34.5. The van der Waals surface area contributed by atoms with Gasteiger partial charge in [-0.05, 0) is 39.3 Å². The molecule has 0 unspecified atom stereocenters. The fourth-order valence-electron chi connectivity index (χ4n) is 2.63. The number of alkyl carbamates (subject to hydrolysis) is 1. The Kier molecular flexibility index (Phi) is 7.70. The molecule has 1 heterocycles. The van der Waals surface area contributed by atoms with Gasteiger partial charge >= 0.3 is 12.1 Å². The lowest BCUT2D eigenvalue weighted by atomic mass is 10.1. The van der Waals surface area contributed by atoms with Crippen LogP contribution in [0.4, 0.5) is 4.79 Å². The minimum Gasteiger partial charge on any atom is -0.452 e. The number of aryl methyl sites for hydroxylation is 2. The van der Waals surface area contributed by atoms with Gasteiger partial charge < -0.3 is 9.47 Å². The van der Waals surface area contributed by atoms with Crippen LogP contribution in [0.1, 0.15) is 35.0 Å². The molecule has 0 aliphatic rings. The highest BCUT2D eigenvalue weighted by Gasteiger charge is 2.12. The average Bonchev–Trinajstić information content (AvgIpc) is 2.93. The minimum absolute atomic E-state index is 0.137. The smallest absolute Gasteiger partial charge is 0.413 e. The standard InChI is InChI=1S/C21H25N3O5/c1-5-28-21(27)22-19(25)13-29-20(26)11-10-18-15(3)23-24(16(18)4)12-17-8-6-14(2)7-9-17/h6-11H,5,12-13H2,1-4H3,(H,22,25,27)/b11-10+. The summed E-state index contributed by atoms with van der Waals surface area (Å²) in [6.45, 7) is 7.61. The van der Waals surface area contributed by atoms with Gasteiger partial charge in [-0.3, -0.25) is 14.8 Å². The Labute approximate surface area is 169 Å². The van der Waals surface area contributed by atoms with Crippen LogP contribution in [0.5, 0.6) is 0 Å². The van der Waals surface area contributed by atoms with Crippen LogP contribution in [0.25, 0.3) is 6.08 Å². The van der Waals surface area contributed by atoms with Crippen LogP contribution in [0.2, 0.25) is 0 Å². The molecule has 0 saturated carbocycles. The third-order valence-corrected chi connectivity index (χ3v) is 4.14. The lowest BCUT2D eigenvalue weighted by molar-refractivity contribution is -0.143. The monoisotopic (exact) mass is 399 g/mol. The quantitative estimate of drug-likeness (QED) is 0.568. The number of hydrogen-bond donors (Lipinski definition) is 1. The van der Waals surface area contributed by atoms with Crippen molar-refractivity contribution in [3.05, 3.63) is 58.4 Å². The molecule has 0 aliphatic heterocycles. The van der Waals surface area contributed by atoms with E-state index in [0.29, 0.717) is 6.54 Å². The number of imide groups is 1. The molecular formula is C21H25N3O5. The molecule has 0 radical (unpaired) electrons. The van der Waals surface area contributed by atoms with E-state index in [1.807, 2.05) is 30.8 Å². The highest BCUT2D eigenvalue weighted by molar-refractivity contribution is 5.94. The minimum atomic E-state index is -0.878. The van der Waals surface area contributed by atoms with Crippen molar-refractivity contribution >= 4 is 24.0 Å². The molecule has 2 rings (SSSR count). The number of amides is 2. The molecular weight excluding hydrogens is 374 g/mol. The normalized spacial score (nSPS) is 10.8. The molecule has 1 N–H and O–H groups in total. The van der Waals surface area contributed by atoms with Crippen molar-refractivity contribution in [1.29, 1.82) is 0 Å². The topological polar surface area (TPSA) is 99.5 Å². The first kappa shape index (κ1) is 21.9. The summed E-state index contributed by atoms with van der Waals surface area (Å²) in [5, 5.41) is 6.47. The van der Waals surface area contributed by atoms with Gasteiger partial charge in [-0.2, -0.15) is 5.10 Å². The van der Waals surface area contributed by atoms with Crippen LogP contribution in [-0.2, 0) is 25.6 Å². The molecule has 154 valence electrons. The number of nitrogens with zero attached hydrogens (tertiary/aromatic N) is 2. The van der Waals surface area contributed by atoms with Crippen molar-refractivity contribution in [2.75, 3.05) is 13.2 Å². The molecule has 0 fully saturated rings. The molecule has 0 aliphatic carbocycles. The molecule has 1 aromatic heterocycles. The maximum absolute atomic E-state index is 11.9. The number of carbonyl (C=O) groups excluding carboxylic acids is 3. The summed E-state index contributed by atoms with van der Waals surface area (Å²) in [5.41, 5.74) is 4.82. The Balaban J connectivity index is 1.95. The van der Waals surface area contributed by atoms with Crippen LogP contribution in [0, 0.1) is 20.8 Å². The summed E-state index contributed by atoms with van der Waals surface area (Å²) in [5.74, 6) is -1.46. The zero-order valence-electron chi connectivity index (χ0n) is 17.0. The van der Waals surface area contributed by atoms with E-state index in [1.54, 1.807) is 13.0 Å². The van der Waals surface area contributed by atoms with Gasteiger partial charge in [-0.25, -0.2) is 9.59 Å². The third kappa shape index (κ3) is 6.60. The van der Waals surface area contributed by atoms with Gasteiger partial charge in [0.25, 0.3) is 5.91 Å². The number of hydrogen-bond acceptors (Lipinski definition) is 6. The second-order valence-corrected chi connectivity index (χ2v) is 6.44. The van der Waals surface area contributed by atoms with Gasteiger partial charge in [-0.1, -0.05) is 29.8 Å². The molecule has 1 aromatic carbocycles. The number of benzene rings is 1. The second kappa shape index (κ2) is 10.2. The molecule has 0 saturated heterocycles. The first-order chi connectivity index (χ1) is 13.8. The van der Waals surface area contributed by atoms with E-state index in [2.05, 4.69) is 34.1 Å². The van der Waals surface area contributed by atoms with Gasteiger partial charge in [0.1, 0.15) is 0 Å². The third-order valence-electron chi connectivity index (χ3n) is 4.14. The van der Waals surface area contributed by atoms with Gasteiger partial charge in [0.05, 0.1) is 18.8 Å². The number of aromatic nitrogens is 2. The van der Waals surface area contributed by atoms with E-state index in [-0.39, 0.29) is 6.61 Å². The molecule has 0 bridgehead atoms. The molecule has 29 heavy (non-hydrogen) atoms. The van der Waals surface area contributed by atoms with E-state index in [9.17, 15) is 14.4 Å². The first-order valence-electron chi connectivity index (χ1n) is 9.21. The van der Waals surface area contributed by atoms with Gasteiger partial charge in [-0.15, -0.1) is 0 Å². The van der Waals surface area contributed by atoms with Crippen molar-refractivity contribution in [2.24, 2.45) is 0 Å². The molecule has 0 spiro atoms. The van der Waals surface area contributed by atoms with E-state index < -0.39 is 24.6 Å². The van der Waals surface area contributed by atoms with Crippen LogP contribution in [0.15, 0.2) is 30.3 Å². The summed E-state index contributed by atoms with van der Waals surface area (Å²) < 4.78 is 11.3. The summed E-state index contributed by atoms with van der Waals surface area (Å²) in [6, 6.07) is 8.21. The van der Waals surface area contributed by atoms with Gasteiger partial charge in [0.2, 0.25) is 0 Å². The lowest BCUT2D eigenvalue weighted by Gasteiger charge is -2.05. The van der Waals surface area contributed by atoms with Crippen LogP contribution in [-0.4, -0.2) is 41.0 Å². The van der Waals surface area contributed by atoms with Crippen LogP contribution in [0.3, 0.4) is 0 Å². The number of nitrogens with one attached hydrogen (secondary N) is 1. The predicted molar refractivity (Wildman–Crippen MR) is 107 cm³/mol. The predicted octanol–water partition coefficient (Wildman–Crippen LogP) is 2.69. The Morgan fingerprint density at radius 1 is 1.10 bits per heavy atom. The lowest BCUT2D eigenvalue weighted by Crippen LogP contribution is -2.34. The Morgan fingerprint density at radius 3 is 2.45 bits per heavy atom. The molecule has 8 heteroatoms. The van der Waals surface area contributed by atoms with Crippen LogP contribution < -0.4 is 5.32 Å². The highest BCUT2D eigenvalue weighted by atomic mass is 16.6. The van der Waals surface area contributed by atoms with Crippen molar-refractivity contribution < 1.29 is 23.9 Å². The van der Waals surface area contributed by atoms with Crippen LogP contribution >= 0.6 is 0 Å². The summed E-state index contributed by atoms with van der Waals surface area (Å²) in [6.07, 6.45) is 1.95. The van der Waals surface area contributed by atoms with E-state index >= 15 is 0 Å². The number of esters is 1. The zero-order chi connectivity index (χ0) is 21.4. The maximum atomic E-state index is 11.9. The fourth-order valence-corrected chi connectivity index (χ4v) is 2.63. The molecule has 2 aromatic rings. The largest absolute Gasteiger partial charge is 0.452 e. The number of carbonyl (C=O) groups is 3. The van der Waals surface area contributed by atoms with E-state index in [1.165, 1.54) is 11.6 Å². The molecule has 2 amide bonds.